The maximum atomic E-state index is 11.9. The highest BCUT2D eigenvalue weighted by Gasteiger charge is 2.22. The summed E-state index contributed by atoms with van der Waals surface area (Å²) in [5.41, 5.74) is 0.153. The van der Waals surface area contributed by atoms with Gasteiger partial charge in [-0.1, -0.05) is 0 Å². The zero-order valence-electron chi connectivity index (χ0n) is 12.5. The number of methoxy groups -OCH3 is 3. The third kappa shape index (κ3) is 4.51. The van der Waals surface area contributed by atoms with Gasteiger partial charge >= 0.3 is 5.97 Å². The van der Waals surface area contributed by atoms with Gasteiger partial charge in [0.1, 0.15) is 5.56 Å². The lowest BCUT2D eigenvalue weighted by Crippen LogP contribution is -2.09. The van der Waals surface area contributed by atoms with Crippen LogP contribution in [0.5, 0.6) is 17.2 Å². The Labute approximate surface area is 123 Å². The molecule has 1 aromatic rings. The quantitative estimate of drug-likeness (QED) is 0.392. The Hall–Kier alpha value is -1.99. The normalized spacial score (nSPS) is 10.1. The van der Waals surface area contributed by atoms with Crippen LogP contribution in [0.1, 0.15) is 17.3 Å². The first-order valence-electron chi connectivity index (χ1n) is 6.25. The molecule has 0 saturated heterocycles. The topological polar surface area (TPSA) is 72.5 Å². The van der Waals surface area contributed by atoms with E-state index in [-0.39, 0.29) is 17.9 Å². The minimum absolute atomic E-state index is 0.153. The molecular formula is C14H19O7. The molecule has 7 heteroatoms. The standard InChI is InChI=1S/C14H19O7/c1-5-19-8-9-20-21-14(15)10-6-7-11(16-2)13(18-4)12(10)17-3/h6-7,9H,5,8H2,1-4H3. The molecular weight excluding hydrogens is 280 g/mol. The van der Waals surface area contributed by atoms with Crippen LogP contribution in [-0.2, 0) is 14.5 Å². The van der Waals surface area contributed by atoms with Crippen molar-refractivity contribution in [2.75, 3.05) is 34.5 Å². The molecule has 0 aliphatic rings. The molecule has 1 radical (unpaired) electrons. The molecule has 21 heavy (non-hydrogen) atoms. The van der Waals surface area contributed by atoms with Crippen LogP contribution in [0.25, 0.3) is 0 Å². The van der Waals surface area contributed by atoms with Crippen LogP contribution in [0.4, 0.5) is 0 Å². The minimum Gasteiger partial charge on any atom is -0.493 e. The van der Waals surface area contributed by atoms with Crippen molar-refractivity contribution in [2.24, 2.45) is 0 Å². The minimum atomic E-state index is -0.722. The van der Waals surface area contributed by atoms with Gasteiger partial charge in [-0.3, -0.25) is 4.89 Å². The molecule has 117 valence electrons. The Kier molecular flexibility index (Phi) is 7.34. The molecule has 0 atom stereocenters. The molecule has 0 aliphatic heterocycles. The van der Waals surface area contributed by atoms with Gasteiger partial charge in [0, 0.05) is 6.61 Å². The Morgan fingerprint density at radius 3 is 2.38 bits per heavy atom. The van der Waals surface area contributed by atoms with Crippen LogP contribution in [0, 0.1) is 6.61 Å². The average molecular weight is 299 g/mol. The van der Waals surface area contributed by atoms with Gasteiger partial charge in [-0.2, -0.15) is 4.89 Å². The number of benzene rings is 1. The number of ether oxygens (including phenoxy) is 4. The largest absolute Gasteiger partial charge is 0.493 e. The summed E-state index contributed by atoms with van der Waals surface area (Å²) in [4.78, 5) is 21.2. The summed E-state index contributed by atoms with van der Waals surface area (Å²) in [5, 5.41) is 0. The second-order valence-corrected chi connectivity index (χ2v) is 3.68. The lowest BCUT2D eigenvalue weighted by molar-refractivity contribution is -0.218. The molecule has 0 saturated carbocycles. The average Bonchev–Trinajstić information content (AvgIpc) is 2.52. The molecule has 7 nitrogen and oxygen atoms in total. The molecule has 0 fully saturated rings. The van der Waals surface area contributed by atoms with E-state index >= 15 is 0 Å². The van der Waals surface area contributed by atoms with E-state index in [0.29, 0.717) is 18.1 Å². The third-order valence-electron chi connectivity index (χ3n) is 2.51. The fraction of sp³-hybridized carbons (Fsp3) is 0.429. The number of rotatable bonds is 9. The van der Waals surface area contributed by atoms with Crippen molar-refractivity contribution >= 4 is 5.97 Å². The maximum absolute atomic E-state index is 11.9. The number of carbonyl (C=O) groups excluding carboxylic acids is 1. The van der Waals surface area contributed by atoms with E-state index in [1.165, 1.54) is 34.0 Å². The number of hydrogen-bond acceptors (Lipinski definition) is 7. The molecule has 1 rings (SSSR count). The van der Waals surface area contributed by atoms with Crippen LogP contribution in [-0.4, -0.2) is 40.5 Å². The SMILES string of the molecule is CCOC[CH]OOC(=O)c1ccc(OC)c(OC)c1OC. The molecule has 0 bridgehead atoms. The Morgan fingerprint density at radius 2 is 1.81 bits per heavy atom. The summed E-state index contributed by atoms with van der Waals surface area (Å²) in [5.74, 6) is 0.221. The van der Waals surface area contributed by atoms with Gasteiger partial charge in [-0.25, -0.2) is 4.79 Å². The maximum Gasteiger partial charge on any atom is 0.376 e. The van der Waals surface area contributed by atoms with Crippen molar-refractivity contribution in [3.05, 3.63) is 24.3 Å². The first kappa shape index (κ1) is 17.1. The van der Waals surface area contributed by atoms with Gasteiger partial charge in [0.05, 0.1) is 27.9 Å². The van der Waals surface area contributed by atoms with Gasteiger partial charge < -0.3 is 18.9 Å². The zero-order chi connectivity index (χ0) is 15.7. The van der Waals surface area contributed by atoms with Crippen molar-refractivity contribution in [1.82, 2.24) is 0 Å². The number of carbonyl (C=O) groups is 1. The summed E-state index contributed by atoms with van der Waals surface area (Å²) in [6, 6.07) is 3.07. The van der Waals surface area contributed by atoms with Crippen LogP contribution in [0.2, 0.25) is 0 Å². The highest BCUT2D eigenvalue weighted by Crippen LogP contribution is 2.39. The lowest BCUT2D eigenvalue weighted by atomic mass is 10.1. The lowest BCUT2D eigenvalue weighted by Gasteiger charge is -2.14. The Bertz CT molecular complexity index is 459. The highest BCUT2D eigenvalue weighted by molar-refractivity contribution is 5.93. The van der Waals surface area contributed by atoms with Crippen molar-refractivity contribution < 1.29 is 33.5 Å². The van der Waals surface area contributed by atoms with Crippen molar-refractivity contribution in [2.45, 2.75) is 6.92 Å². The molecule has 0 spiro atoms. The summed E-state index contributed by atoms with van der Waals surface area (Å²) in [6.07, 6.45) is 0. The molecule has 0 heterocycles. The summed E-state index contributed by atoms with van der Waals surface area (Å²) < 4.78 is 20.5. The van der Waals surface area contributed by atoms with Crippen LogP contribution < -0.4 is 14.2 Å². The fourth-order valence-electron chi connectivity index (χ4n) is 1.58. The molecule has 0 unspecified atom stereocenters. The van der Waals surface area contributed by atoms with Gasteiger partial charge in [0.15, 0.2) is 18.1 Å². The summed E-state index contributed by atoms with van der Waals surface area (Å²) in [7, 11) is 4.35. The first-order valence-corrected chi connectivity index (χ1v) is 6.25. The fourth-order valence-corrected chi connectivity index (χ4v) is 1.58. The van der Waals surface area contributed by atoms with Crippen LogP contribution in [0.3, 0.4) is 0 Å². The van der Waals surface area contributed by atoms with E-state index in [4.69, 9.17) is 18.9 Å². The highest BCUT2D eigenvalue weighted by atomic mass is 17.2. The van der Waals surface area contributed by atoms with Crippen LogP contribution in [0.15, 0.2) is 12.1 Å². The van der Waals surface area contributed by atoms with Gasteiger partial charge in [-0.05, 0) is 19.1 Å². The predicted octanol–water partition coefficient (Wildman–Crippen LogP) is 2.00. The summed E-state index contributed by atoms with van der Waals surface area (Å²) in [6.45, 7) is 3.83. The van der Waals surface area contributed by atoms with E-state index in [1.54, 1.807) is 6.07 Å². The van der Waals surface area contributed by atoms with E-state index in [1.807, 2.05) is 6.92 Å². The predicted molar refractivity (Wildman–Crippen MR) is 73.4 cm³/mol. The van der Waals surface area contributed by atoms with Gasteiger partial charge in [-0.15, -0.1) is 0 Å². The molecule has 1 aromatic carbocycles. The van der Waals surface area contributed by atoms with E-state index < -0.39 is 5.97 Å². The van der Waals surface area contributed by atoms with E-state index in [9.17, 15) is 4.79 Å². The molecule has 0 aliphatic carbocycles. The Balaban J connectivity index is 2.79. The first-order chi connectivity index (χ1) is 10.2. The number of hydrogen-bond donors (Lipinski definition) is 0. The zero-order valence-corrected chi connectivity index (χ0v) is 12.5. The van der Waals surface area contributed by atoms with Crippen molar-refractivity contribution in [3.63, 3.8) is 0 Å². The Morgan fingerprint density at radius 1 is 1.10 bits per heavy atom. The second kappa shape index (κ2) is 9.04. The van der Waals surface area contributed by atoms with Crippen molar-refractivity contribution in [1.29, 1.82) is 0 Å². The van der Waals surface area contributed by atoms with Gasteiger partial charge in [0.2, 0.25) is 5.75 Å². The molecule has 0 aromatic heterocycles. The molecule has 0 N–H and O–H groups in total. The summed E-state index contributed by atoms with van der Waals surface area (Å²) >= 11 is 0. The van der Waals surface area contributed by atoms with E-state index in [0.717, 1.165) is 0 Å². The van der Waals surface area contributed by atoms with Crippen molar-refractivity contribution in [3.8, 4) is 17.2 Å². The second-order valence-electron chi connectivity index (χ2n) is 3.68. The molecule has 0 amide bonds. The monoisotopic (exact) mass is 299 g/mol. The third-order valence-corrected chi connectivity index (χ3v) is 2.51. The van der Waals surface area contributed by atoms with E-state index in [2.05, 4.69) is 9.78 Å². The smallest absolute Gasteiger partial charge is 0.376 e. The van der Waals surface area contributed by atoms with Gasteiger partial charge in [0.25, 0.3) is 0 Å². The van der Waals surface area contributed by atoms with Crippen LogP contribution >= 0.6 is 0 Å².